The van der Waals surface area contributed by atoms with Crippen molar-refractivity contribution in [3.8, 4) is 0 Å². The molecule has 0 radical (unpaired) electrons. The molecule has 0 unspecified atom stereocenters. The van der Waals surface area contributed by atoms with Crippen molar-refractivity contribution in [1.82, 2.24) is 9.78 Å². The maximum atomic E-state index is 13.4. The molecule has 0 amide bonds. The number of carbonyl (C=O) groups excluding carboxylic acids is 1. The van der Waals surface area contributed by atoms with Gasteiger partial charge < -0.3 is 0 Å². The number of benzene rings is 1. The molecule has 0 aliphatic heterocycles. The number of hydrogen-bond donors (Lipinski definition) is 0. The second-order valence-corrected chi connectivity index (χ2v) is 5.46. The van der Waals surface area contributed by atoms with E-state index < -0.39 is 11.6 Å². The molecule has 3 nitrogen and oxygen atoms in total. The quantitative estimate of drug-likeness (QED) is 0.613. The van der Waals surface area contributed by atoms with Crippen LogP contribution in [0, 0.1) is 18.6 Å². The van der Waals surface area contributed by atoms with Crippen LogP contribution in [0.3, 0.4) is 0 Å². The number of nitrogens with zero attached hydrogens (tertiary/aromatic N) is 2. The lowest BCUT2D eigenvalue weighted by Gasteiger charge is -2.06. The van der Waals surface area contributed by atoms with Crippen molar-refractivity contribution in [1.29, 1.82) is 0 Å². The highest BCUT2D eigenvalue weighted by Crippen LogP contribution is 2.26. The Labute approximate surface area is 127 Å². The summed E-state index contributed by atoms with van der Waals surface area (Å²) >= 11 is 8.96. The van der Waals surface area contributed by atoms with E-state index in [4.69, 9.17) is 11.6 Å². The second kappa shape index (κ2) is 5.61. The minimum Gasteiger partial charge on any atom is -0.294 e. The van der Waals surface area contributed by atoms with Crippen LogP contribution in [-0.2, 0) is 13.5 Å². The molecule has 1 heterocycles. The van der Waals surface area contributed by atoms with Gasteiger partial charge in [0.2, 0.25) is 0 Å². The van der Waals surface area contributed by atoms with E-state index in [0.717, 1.165) is 6.07 Å². The van der Waals surface area contributed by atoms with Gasteiger partial charge in [-0.25, -0.2) is 8.78 Å². The molecule has 1 aromatic heterocycles. The van der Waals surface area contributed by atoms with Gasteiger partial charge in [0, 0.05) is 12.6 Å². The minimum atomic E-state index is -1.08. The molecular weight excluding hydrogens is 354 g/mol. The highest BCUT2D eigenvalue weighted by Gasteiger charge is 2.20. The van der Waals surface area contributed by atoms with Gasteiger partial charge in [0.25, 0.3) is 0 Å². The van der Waals surface area contributed by atoms with Crippen LogP contribution in [0.2, 0.25) is 5.02 Å². The predicted octanol–water partition coefficient (Wildman–Crippen LogP) is 3.85. The maximum absolute atomic E-state index is 13.4. The zero-order chi connectivity index (χ0) is 15.0. The third-order valence-corrected chi connectivity index (χ3v) is 4.19. The van der Waals surface area contributed by atoms with Gasteiger partial charge in [0.1, 0.15) is 0 Å². The lowest BCUT2D eigenvalue weighted by atomic mass is 10.1. The first-order valence-electron chi connectivity index (χ1n) is 5.67. The summed E-state index contributed by atoms with van der Waals surface area (Å²) in [5.74, 6) is -2.47. The summed E-state index contributed by atoms with van der Waals surface area (Å²) in [6, 6.07) is 2.16. The number of ketones is 1. The first-order valence-corrected chi connectivity index (χ1v) is 6.84. The van der Waals surface area contributed by atoms with Gasteiger partial charge in [-0.3, -0.25) is 9.48 Å². The largest absolute Gasteiger partial charge is 0.294 e. The van der Waals surface area contributed by atoms with E-state index in [-0.39, 0.29) is 22.2 Å². The van der Waals surface area contributed by atoms with Gasteiger partial charge in [-0.2, -0.15) is 5.10 Å². The van der Waals surface area contributed by atoms with Gasteiger partial charge >= 0.3 is 0 Å². The van der Waals surface area contributed by atoms with E-state index >= 15 is 0 Å². The standard InChI is InChI=1S/C13H10BrClF2N2O/c1-6-12(15)9(19(2)18-6)5-10(20)7-3-4-8(16)13(17)11(7)14/h3-4H,5H2,1-2H3. The molecule has 0 aliphatic carbocycles. The number of aromatic nitrogens is 2. The summed E-state index contributed by atoms with van der Waals surface area (Å²) in [6.45, 7) is 1.73. The van der Waals surface area contributed by atoms with Crippen molar-refractivity contribution in [3.05, 3.63) is 50.2 Å². The fourth-order valence-corrected chi connectivity index (χ4v) is 2.63. The molecule has 0 saturated carbocycles. The summed E-state index contributed by atoms with van der Waals surface area (Å²) in [4.78, 5) is 12.2. The molecule has 2 aromatic rings. The van der Waals surface area contributed by atoms with Crippen LogP contribution in [0.4, 0.5) is 8.78 Å². The smallest absolute Gasteiger partial charge is 0.173 e. The highest BCUT2D eigenvalue weighted by molar-refractivity contribution is 9.10. The first kappa shape index (κ1) is 15.1. The highest BCUT2D eigenvalue weighted by atomic mass is 79.9. The van der Waals surface area contributed by atoms with Crippen molar-refractivity contribution in [2.45, 2.75) is 13.3 Å². The molecule has 2 rings (SSSR count). The molecule has 0 fully saturated rings. The van der Waals surface area contributed by atoms with Crippen molar-refractivity contribution in [3.63, 3.8) is 0 Å². The molecule has 1 aromatic carbocycles. The van der Waals surface area contributed by atoms with E-state index in [2.05, 4.69) is 21.0 Å². The van der Waals surface area contributed by atoms with Crippen molar-refractivity contribution < 1.29 is 13.6 Å². The summed E-state index contributed by atoms with van der Waals surface area (Å²) in [5, 5.41) is 4.50. The van der Waals surface area contributed by atoms with Gasteiger partial charge in [-0.15, -0.1) is 0 Å². The molecule has 0 aliphatic rings. The van der Waals surface area contributed by atoms with Crippen LogP contribution in [0.15, 0.2) is 16.6 Å². The number of aryl methyl sites for hydroxylation is 2. The zero-order valence-corrected chi connectivity index (χ0v) is 13.0. The maximum Gasteiger partial charge on any atom is 0.173 e. The van der Waals surface area contributed by atoms with Gasteiger partial charge in [0.05, 0.1) is 27.3 Å². The average Bonchev–Trinajstić information content (AvgIpc) is 2.62. The Kier molecular flexibility index (Phi) is 4.25. The van der Waals surface area contributed by atoms with E-state index in [1.54, 1.807) is 14.0 Å². The van der Waals surface area contributed by atoms with Crippen LogP contribution in [0.25, 0.3) is 0 Å². The van der Waals surface area contributed by atoms with Crippen molar-refractivity contribution in [2.24, 2.45) is 7.05 Å². The fraction of sp³-hybridized carbons (Fsp3) is 0.231. The number of halogens is 4. The van der Waals surface area contributed by atoms with Crippen LogP contribution in [0.1, 0.15) is 21.7 Å². The van der Waals surface area contributed by atoms with Crippen LogP contribution in [-0.4, -0.2) is 15.6 Å². The summed E-state index contributed by atoms with van der Waals surface area (Å²) < 4.78 is 27.8. The Balaban J connectivity index is 2.36. The minimum absolute atomic E-state index is 0.0418. The summed E-state index contributed by atoms with van der Waals surface area (Å²) in [7, 11) is 1.67. The van der Waals surface area contributed by atoms with Gasteiger partial charge in [-0.1, -0.05) is 11.6 Å². The normalized spacial score (nSPS) is 10.9. The topological polar surface area (TPSA) is 34.9 Å². The number of rotatable bonds is 3. The number of carbonyl (C=O) groups is 1. The Morgan fingerprint density at radius 3 is 2.65 bits per heavy atom. The van der Waals surface area contributed by atoms with Crippen LogP contribution < -0.4 is 0 Å². The molecule has 7 heteroatoms. The number of Topliss-reactive ketones (excluding diaryl/α,β-unsaturated/α-hetero) is 1. The van der Waals surface area contributed by atoms with E-state index in [1.807, 2.05) is 0 Å². The molecule has 0 saturated heterocycles. The molecule has 0 N–H and O–H groups in total. The Hall–Kier alpha value is -1.27. The third kappa shape index (κ3) is 2.62. The molecule has 20 heavy (non-hydrogen) atoms. The lowest BCUT2D eigenvalue weighted by Crippen LogP contribution is -2.10. The van der Waals surface area contributed by atoms with Crippen molar-refractivity contribution in [2.75, 3.05) is 0 Å². The monoisotopic (exact) mass is 362 g/mol. The molecule has 0 bridgehead atoms. The Morgan fingerprint density at radius 1 is 1.45 bits per heavy atom. The molecule has 106 valence electrons. The Bertz CT molecular complexity index is 700. The fourth-order valence-electron chi connectivity index (χ4n) is 1.86. The second-order valence-electron chi connectivity index (χ2n) is 4.29. The van der Waals surface area contributed by atoms with E-state index in [0.29, 0.717) is 16.4 Å². The first-order chi connectivity index (χ1) is 9.32. The lowest BCUT2D eigenvalue weighted by molar-refractivity contribution is 0.0989. The molecule has 0 atom stereocenters. The van der Waals surface area contributed by atoms with Crippen LogP contribution in [0.5, 0.6) is 0 Å². The molecule has 0 spiro atoms. The number of hydrogen-bond acceptors (Lipinski definition) is 2. The van der Waals surface area contributed by atoms with Crippen LogP contribution >= 0.6 is 27.5 Å². The summed E-state index contributed by atoms with van der Waals surface area (Å²) in [6.07, 6.45) is -0.0418. The summed E-state index contributed by atoms with van der Waals surface area (Å²) in [5.41, 5.74) is 1.21. The van der Waals surface area contributed by atoms with Crippen molar-refractivity contribution >= 4 is 33.3 Å². The van der Waals surface area contributed by atoms with E-state index in [9.17, 15) is 13.6 Å². The SMILES string of the molecule is Cc1nn(C)c(CC(=O)c2ccc(F)c(F)c2Br)c1Cl. The third-order valence-electron chi connectivity index (χ3n) is 2.93. The Morgan fingerprint density at radius 2 is 2.10 bits per heavy atom. The van der Waals surface area contributed by atoms with Gasteiger partial charge in [-0.05, 0) is 35.0 Å². The molecular formula is C13H10BrClF2N2O. The predicted molar refractivity (Wildman–Crippen MR) is 75.0 cm³/mol. The average molecular weight is 364 g/mol. The van der Waals surface area contributed by atoms with E-state index in [1.165, 1.54) is 10.7 Å². The van der Waals surface area contributed by atoms with Gasteiger partial charge in [0.15, 0.2) is 17.4 Å². The zero-order valence-electron chi connectivity index (χ0n) is 10.7.